The molecule has 2 atom stereocenters. The maximum absolute atomic E-state index is 14.1. The molecule has 0 spiro atoms. The van der Waals surface area contributed by atoms with Crippen LogP contribution in [0.3, 0.4) is 0 Å². The van der Waals surface area contributed by atoms with Crippen molar-refractivity contribution in [2.45, 2.75) is 38.0 Å². The van der Waals surface area contributed by atoms with Crippen LogP contribution in [0.4, 0.5) is 28.0 Å². The van der Waals surface area contributed by atoms with Gasteiger partial charge in [0.25, 0.3) is 0 Å². The van der Waals surface area contributed by atoms with Gasteiger partial charge in [0.1, 0.15) is 5.82 Å². The SMILES string of the molecule is C[C@H]1CN(C(=O)CCN2CCc3sccc3[C@@H]2c2cccc(F)c2)CCN1C(=O)Nc1ccc(C(F)(F)F)cc1. The van der Waals surface area contributed by atoms with Gasteiger partial charge in [-0.15, -0.1) is 11.3 Å². The average molecular weight is 575 g/mol. The highest BCUT2D eigenvalue weighted by Crippen LogP contribution is 2.38. The first-order valence-electron chi connectivity index (χ1n) is 13.2. The number of nitrogens with one attached hydrogen (secondary N) is 1. The second-order valence-corrected chi connectivity index (χ2v) is 11.2. The first-order chi connectivity index (χ1) is 19.1. The maximum Gasteiger partial charge on any atom is 0.416 e. The van der Waals surface area contributed by atoms with E-state index >= 15 is 0 Å². The summed E-state index contributed by atoms with van der Waals surface area (Å²) < 4.78 is 52.5. The molecular formula is C29H30F4N4O2S. The number of alkyl halides is 3. The van der Waals surface area contributed by atoms with Crippen molar-refractivity contribution in [1.29, 1.82) is 0 Å². The third-order valence-electron chi connectivity index (χ3n) is 7.55. The fourth-order valence-corrected chi connectivity index (χ4v) is 6.40. The lowest BCUT2D eigenvalue weighted by Crippen LogP contribution is -2.56. The van der Waals surface area contributed by atoms with Crippen molar-refractivity contribution in [3.05, 3.63) is 87.4 Å². The lowest BCUT2D eigenvalue weighted by atomic mass is 9.93. The largest absolute Gasteiger partial charge is 0.416 e. The standard InChI is InChI=1S/C29H30F4N4O2S/c1-19-18-36(14-15-37(19)28(39)34-23-7-5-21(6-8-23)29(31,32)33)26(38)10-13-35-12-9-25-24(11-16-40-25)27(35)20-3-2-4-22(30)17-20/h2-8,11,16-17,19,27H,9-10,12-15,18H2,1H3,(H,34,39)/t19-,27-/m0/s1. The van der Waals surface area contributed by atoms with E-state index in [1.807, 2.05) is 13.0 Å². The number of fused-ring (bicyclic) bond motifs is 1. The summed E-state index contributed by atoms with van der Waals surface area (Å²) in [5.74, 6) is -0.297. The molecule has 3 aromatic rings. The Morgan fingerprint density at radius 3 is 2.52 bits per heavy atom. The van der Waals surface area contributed by atoms with Gasteiger partial charge in [-0.1, -0.05) is 12.1 Å². The van der Waals surface area contributed by atoms with Crippen LogP contribution in [0.1, 0.15) is 41.0 Å². The summed E-state index contributed by atoms with van der Waals surface area (Å²) in [5.41, 5.74) is 1.52. The minimum Gasteiger partial charge on any atom is -0.339 e. The molecule has 5 rings (SSSR count). The summed E-state index contributed by atoms with van der Waals surface area (Å²) in [6.45, 7) is 4.18. The second kappa shape index (κ2) is 11.6. The highest BCUT2D eigenvalue weighted by Gasteiger charge is 2.33. The van der Waals surface area contributed by atoms with E-state index in [1.54, 1.807) is 33.3 Å². The molecule has 0 unspecified atom stereocenters. The van der Waals surface area contributed by atoms with Crippen LogP contribution in [-0.4, -0.2) is 65.4 Å². The van der Waals surface area contributed by atoms with Crippen LogP contribution in [-0.2, 0) is 17.4 Å². The van der Waals surface area contributed by atoms with Gasteiger partial charge in [0.15, 0.2) is 0 Å². The van der Waals surface area contributed by atoms with Crippen LogP contribution in [0.25, 0.3) is 0 Å². The number of halogens is 4. The number of rotatable bonds is 5. The van der Waals surface area contributed by atoms with Crippen molar-refractivity contribution < 1.29 is 27.2 Å². The number of nitrogens with zero attached hydrogens (tertiary/aromatic N) is 3. The van der Waals surface area contributed by atoms with Crippen molar-refractivity contribution in [3.8, 4) is 0 Å². The molecule has 11 heteroatoms. The van der Waals surface area contributed by atoms with Crippen LogP contribution in [0.15, 0.2) is 60.0 Å². The molecule has 1 saturated heterocycles. The molecule has 2 aromatic carbocycles. The van der Waals surface area contributed by atoms with Crippen molar-refractivity contribution in [2.75, 3.05) is 38.0 Å². The highest BCUT2D eigenvalue weighted by atomic mass is 32.1. The molecule has 0 saturated carbocycles. The molecule has 2 aliphatic rings. The molecule has 2 aliphatic heterocycles. The zero-order valence-electron chi connectivity index (χ0n) is 22.0. The highest BCUT2D eigenvalue weighted by molar-refractivity contribution is 7.10. The lowest BCUT2D eigenvalue weighted by Gasteiger charge is -2.40. The van der Waals surface area contributed by atoms with E-state index in [9.17, 15) is 27.2 Å². The Kier molecular flexibility index (Phi) is 8.14. The summed E-state index contributed by atoms with van der Waals surface area (Å²) in [6, 6.07) is 12.2. The van der Waals surface area contributed by atoms with Gasteiger partial charge in [-0.25, -0.2) is 9.18 Å². The van der Waals surface area contributed by atoms with Crippen LogP contribution in [0, 0.1) is 5.82 Å². The van der Waals surface area contributed by atoms with Gasteiger partial charge in [0.2, 0.25) is 5.91 Å². The Hall–Kier alpha value is -3.44. The van der Waals surface area contributed by atoms with Crippen molar-refractivity contribution in [2.24, 2.45) is 0 Å². The van der Waals surface area contributed by atoms with Gasteiger partial charge in [0, 0.05) is 55.8 Å². The Balaban J connectivity index is 1.17. The number of anilines is 1. The van der Waals surface area contributed by atoms with Gasteiger partial charge < -0.3 is 15.1 Å². The number of benzene rings is 2. The monoisotopic (exact) mass is 574 g/mol. The fourth-order valence-electron chi connectivity index (χ4n) is 5.50. The summed E-state index contributed by atoms with van der Waals surface area (Å²) in [5, 5.41) is 4.70. The molecule has 0 aliphatic carbocycles. The zero-order chi connectivity index (χ0) is 28.4. The van der Waals surface area contributed by atoms with Gasteiger partial charge in [-0.05, 0) is 72.3 Å². The molecule has 1 N–H and O–H groups in total. The summed E-state index contributed by atoms with van der Waals surface area (Å²) in [7, 11) is 0. The van der Waals surface area contributed by atoms with E-state index in [1.165, 1.54) is 23.1 Å². The van der Waals surface area contributed by atoms with E-state index < -0.39 is 17.8 Å². The number of urea groups is 1. The summed E-state index contributed by atoms with van der Waals surface area (Å²) >= 11 is 1.70. The molecule has 0 bridgehead atoms. The molecule has 0 radical (unpaired) electrons. The maximum atomic E-state index is 14.1. The van der Waals surface area contributed by atoms with Gasteiger partial charge in [-0.3, -0.25) is 9.69 Å². The average Bonchev–Trinajstić information content (AvgIpc) is 3.40. The minimum atomic E-state index is -4.44. The number of carbonyl (C=O) groups is 2. The van der Waals surface area contributed by atoms with E-state index in [0.717, 1.165) is 36.2 Å². The van der Waals surface area contributed by atoms with Crippen molar-refractivity contribution in [1.82, 2.24) is 14.7 Å². The summed E-state index contributed by atoms with van der Waals surface area (Å²) in [4.78, 5) is 32.9. The lowest BCUT2D eigenvalue weighted by molar-refractivity contribution is -0.137. The third-order valence-corrected chi connectivity index (χ3v) is 8.54. The Morgan fingerprint density at radius 2 is 1.82 bits per heavy atom. The van der Waals surface area contributed by atoms with Crippen molar-refractivity contribution >= 4 is 29.0 Å². The molecule has 1 aromatic heterocycles. The van der Waals surface area contributed by atoms with E-state index in [4.69, 9.17) is 0 Å². The molecule has 212 valence electrons. The number of carbonyl (C=O) groups excluding carboxylic acids is 2. The molecule has 3 heterocycles. The predicted octanol–water partition coefficient (Wildman–Crippen LogP) is 6.01. The van der Waals surface area contributed by atoms with Gasteiger partial charge >= 0.3 is 12.2 Å². The molecular weight excluding hydrogens is 544 g/mol. The van der Waals surface area contributed by atoms with Crippen LogP contribution >= 0.6 is 11.3 Å². The number of hydrogen-bond donors (Lipinski definition) is 1. The Morgan fingerprint density at radius 1 is 1.05 bits per heavy atom. The summed E-state index contributed by atoms with van der Waals surface area (Å²) in [6.07, 6.45) is -3.26. The molecule has 1 fully saturated rings. The van der Waals surface area contributed by atoms with Gasteiger partial charge in [0.05, 0.1) is 11.6 Å². The smallest absolute Gasteiger partial charge is 0.339 e. The first-order valence-corrected chi connectivity index (χ1v) is 14.1. The minimum absolute atomic E-state index is 0.0104. The van der Waals surface area contributed by atoms with Gasteiger partial charge in [-0.2, -0.15) is 13.2 Å². The Bertz CT molecular complexity index is 1360. The quantitative estimate of drug-likeness (QED) is 0.380. The molecule has 40 heavy (non-hydrogen) atoms. The number of hydrogen-bond acceptors (Lipinski definition) is 4. The van der Waals surface area contributed by atoms with Crippen LogP contribution < -0.4 is 5.32 Å². The topological polar surface area (TPSA) is 55.9 Å². The zero-order valence-corrected chi connectivity index (χ0v) is 22.8. The number of piperazine rings is 1. The second-order valence-electron chi connectivity index (χ2n) is 10.2. The van der Waals surface area contributed by atoms with E-state index in [0.29, 0.717) is 32.6 Å². The van der Waals surface area contributed by atoms with E-state index in [2.05, 4.69) is 21.7 Å². The number of thiophene rings is 1. The predicted molar refractivity (Wildman–Crippen MR) is 146 cm³/mol. The fraction of sp³-hybridized carbons (Fsp3) is 0.379. The van der Waals surface area contributed by atoms with E-state index in [-0.39, 0.29) is 29.5 Å². The molecule has 3 amide bonds. The third kappa shape index (κ3) is 6.15. The first kappa shape index (κ1) is 28.1. The van der Waals surface area contributed by atoms with Crippen LogP contribution in [0.5, 0.6) is 0 Å². The molecule has 6 nitrogen and oxygen atoms in total. The van der Waals surface area contributed by atoms with Crippen molar-refractivity contribution in [3.63, 3.8) is 0 Å². The number of amides is 3. The normalized spacial score (nSPS) is 19.8. The Labute approximate surface area is 234 Å². The van der Waals surface area contributed by atoms with Crippen LogP contribution in [0.2, 0.25) is 0 Å².